The number of halogens is 1. The number of hydrogen-bond acceptors (Lipinski definition) is 8. The lowest BCUT2D eigenvalue weighted by Gasteiger charge is -2.38. The third kappa shape index (κ3) is 6.05. The molecule has 46 heavy (non-hydrogen) atoms. The van der Waals surface area contributed by atoms with Crippen LogP contribution in [0, 0.1) is 0 Å². The largest absolute Gasteiger partial charge is 0.461 e. The number of carbonyl (C=O) groups is 1. The average molecular weight is 644 g/mol. The zero-order chi connectivity index (χ0) is 31.8. The third-order valence-electron chi connectivity index (χ3n) is 10.7. The van der Waals surface area contributed by atoms with Crippen molar-refractivity contribution in [2.45, 2.75) is 57.2 Å². The Hall–Kier alpha value is -3.40. The lowest BCUT2D eigenvalue weighted by atomic mass is 9.95. The number of nitrogens with zero attached hydrogens (tertiary/aromatic N) is 7. The van der Waals surface area contributed by atoms with Crippen molar-refractivity contribution in [2.75, 3.05) is 76.3 Å². The van der Waals surface area contributed by atoms with E-state index in [1.165, 1.54) is 31.2 Å². The second-order valence-electron chi connectivity index (χ2n) is 13.6. The monoisotopic (exact) mass is 643 g/mol. The number of hydrogen-bond donors (Lipinski definition) is 0. The molecule has 1 amide bonds. The van der Waals surface area contributed by atoms with Gasteiger partial charge in [0, 0.05) is 61.5 Å². The van der Waals surface area contributed by atoms with Crippen molar-refractivity contribution in [1.82, 2.24) is 24.7 Å². The highest BCUT2D eigenvalue weighted by molar-refractivity contribution is 6.36. The Bertz CT molecular complexity index is 1600. The number of carbonyl (C=O) groups excluding carboxylic acids is 1. The van der Waals surface area contributed by atoms with E-state index in [-0.39, 0.29) is 17.5 Å². The molecule has 1 unspecified atom stereocenters. The fraction of sp³-hybridized carbons (Fsp3) is 0.528. The molecule has 1 atom stereocenters. The van der Waals surface area contributed by atoms with Crippen LogP contribution in [0.2, 0.25) is 5.02 Å². The van der Waals surface area contributed by atoms with Crippen LogP contribution >= 0.6 is 11.6 Å². The maximum absolute atomic E-state index is 13.0. The minimum absolute atomic E-state index is 0.0726. The van der Waals surface area contributed by atoms with E-state index in [4.69, 9.17) is 26.3 Å². The highest BCUT2D eigenvalue weighted by Gasteiger charge is 2.45. The Morgan fingerprint density at radius 2 is 1.74 bits per heavy atom. The number of benzene rings is 2. The van der Waals surface area contributed by atoms with Crippen molar-refractivity contribution >= 4 is 39.8 Å². The highest BCUT2D eigenvalue weighted by atomic mass is 35.5. The smallest absolute Gasteiger partial charge is 0.318 e. The third-order valence-corrected chi connectivity index (χ3v) is 11.0. The number of amides is 1. The molecular weight excluding hydrogens is 598 g/mol. The Kier molecular flexibility index (Phi) is 8.83. The van der Waals surface area contributed by atoms with E-state index < -0.39 is 0 Å². The Labute approximate surface area is 277 Å². The van der Waals surface area contributed by atoms with E-state index in [1.807, 2.05) is 37.2 Å². The molecule has 0 bridgehead atoms. The molecule has 0 aliphatic carbocycles. The number of fused-ring (bicyclic) bond motifs is 3. The van der Waals surface area contributed by atoms with Gasteiger partial charge in [-0.25, -0.2) is 0 Å². The summed E-state index contributed by atoms with van der Waals surface area (Å²) in [5.74, 6) is 1.04. The van der Waals surface area contributed by atoms with Crippen LogP contribution in [0.15, 0.2) is 48.6 Å². The van der Waals surface area contributed by atoms with Crippen LogP contribution in [0.3, 0.4) is 0 Å². The molecule has 3 fully saturated rings. The van der Waals surface area contributed by atoms with Gasteiger partial charge in [0.05, 0.1) is 22.8 Å². The highest BCUT2D eigenvalue weighted by Crippen LogP contribution is 2.40. The normalized spacial score (nSPS) is 20.5. The Morgan fingerprint density at radius 1 is 1.00 bits per heavy atom. The average Bonchev–Trinajstić information content (AvgIpc) is 3.66. The summed E-state index contributed by atoms with van der Waals surface area (Å²) < 4.78 is 6.55. The minimum Gasteiger partial charge on any atom is -0.461 e. The molecular formula is C36H46ClN7O2. The first-order valence-electron chi connectivity index (χ1n) is 16.9. The predicted octanol–water partition coefficient (Wildman–Crippen LogP) is 5.01. The molecule has 5 heterocycles. The van der Waals surface area contributed by atoms with Crippen molar-refractivity contribution in [2.24, 2.45) is 0 Å². The van der Waals surface area contributed by atoms with E-state index in [9.17, 15) is 4.79 Å². The quantitative estimate of drug-likeness (QED) is 0.318. The zero-order valence-electron chi connectivity index (χ0n) is 27.4. The maximum Gasteiger partial charge on any atom is 0.318 e. The van der Waals surface area contributed by atoms with Crippen LogP contribution in [0.4, 0.5) is 11.5 Å². The molecule has 1 aromatic heterocycles. The van der Waals surface area contributed by atoms with Gasteiger partial charge in [0.2, 0.25) is 5.91 Å². The van der Waals surface area contributed by atoms with Gasteiger partial charge in [-0.15, -0.1) is 0 Å². The summed E-state index contributed by atoms with van der Waals surface area (Å²) in [6, 6.07) is 13.2. The standard InChI is InChI=1S/C36H46ClN7O2/c1-26(40(2)3)12-13-32(45)41-20-22-42(23-21-41)34-28-14-19-43(31-11-5-9-27-8-4-10-29(37)33(27)31)24-30(28)38-35(39-34)46-25-36-15-6-17-44(36)18-7-16-36/h4-5,8-13,26H,6-7,14-25H2,1-3H3/b13-12+. The van der Waals surface area contributed by atoms with E-state index in [2.05, 4.69) is 50.8 Å². The SMILES string of the molecule is CC(/C=C/C(=O)N1CCN(c2nc(OCC34CCCN3CCC4)nc3c2CCN(c2cccc4cccc(Cl)c24)C3)CC1)N(C)C. The number of anilines is 2. The van der Waals surface area contributed by atoms with Gasteiger partial charge < -0.3 is 24.3 Å². The molecule has 0 saturated carbocycles. The van der Waals surface area contributed by atoms with Gasteiger partial charge in [-0.2, -0.15) is 9.97 Å². The van der Waals surface area contributed by atoms with Gasteiger partial charge in [0.15, 0.2) is 0 Å². The second-order valence-corrected chi connectivity index (χ2v) is 14.0. The van der Waals surface area contributed by atoms with Crippen LogP contribution in [0.5, 0.6) is 6.01 Å². The van der Waals surface area contributed by atoms with Crippen molar-refractivity contribution < 1.29 is 9.53 Å². The van der Waals surface area contributed by atoms with Gasteiger partial charge in [0.25, 0.3) is 0 Å². The summed E-state index contributed by atoms with van der Waals surface area (Å²) in [6.45, 7) is 9.33. The Morgan fingerprint density at radius 3 is 2.48 bits per heavy atom. The molecule has 9 nitrogen and oxygen atoms in total. The first-order valence-corrected chi connectivity index (χ1v) is 17.3. The topological polar surface area (TPSA) is 68.3 Å². The summed E-state index contributed by atoms with van der Waals surface area (Å²) >= 11 is 6.75. The summed E-state index contributed by atoms with van der Waals surface area (Å²) in [5.41, 5.74) is 3.46. The van der Waals surface area contributed by atoms with E-state index in [0.717, 1.165) is 72.1 Å². The van der Waals surface area contributed by atoms with Gasteiger partial charge in [-0.05, 0) is 83.7 Å². The van der Waals surface area contributed by atoms with Crippen LogP contribution in [-0.2, 0) is 17.8 Å². The summed E-state index contributed by atoms with van der Waals surface area (Å²) in [4.78, 5) is 34.5. The lowest BCUT2D eigenvalue weighted by Crippen LogP contribution is -2.49. The van der Waals surface area contributed by atoms with Crippen LogP contribution < -0.4 is 14.5 Å². The van der Waals surface area contributed by atoms with E-state index in [0.29, 0.717) is 32.3 Å². The van der Waals surface area contributed by atoms with Gasteiger partial charge in [-0.3, -0.25) is 9.69 Å². The summed E-state index contributed by atoms with van der Waals surface area (Å²) in [5, 5.41) is 2.98. The fourth-order valence-corrected chi connectivity index (χ4v) is 8.04. The molecule has 244 valence electrons. The molecule has 0 N–H and O–H groups in total. The van der Waals surface area contributed by atoms with Crippen LogP contribution in [0.1, 0.15) is 43.9 Å². The maximum atomic E-state index is 13.0. The van der Waals surface area contributed by atoms with Crippen LogP contribution in [0.25, 0.3) is 10.8 Å². The molecule has 4 aliphatic heterocycles. The van der Waals surface area contributed by atoms with E-state index >= 15 is 0 Å². The fourth-order valence-electron chi connectivity index (χ4n) is 7.76. The van der Waals surface area contributed by atoms with Crippen LogP contribution in [-0.4, -0.2) is 109 Å². The molecule has 2 aromatic carbocycles. The number of rotatable bonds is 8. The molecule has 7 rings (SSSR count). The number of piperazine rings is 1. The van der Waals surface area contributed by atoms with Gasteiger partial charge in [-0.1, -0.05) is 41.9 Å². The Balaban J connectivity index is 1.15. The predicted molar refractivity (Wildman–Crippen MR) is 185 cm³/mol. The zero-order valence-corrected chi connectivity index (χ0v) is 28.2. The van der Waals surface area contributed by atoms with E-state index in [1.54, 1.807) is 6.08 Å². The van der Waals surface area contributed by atoms with Crippen molar-refractivity contribution in [3.05, 3.63) is 64.8 Å². The molecule has 4 aliphatic rings. The first-order chi connectivity index (χ1) is 22.3. The number of ether oxygens (including phenoxy) is 1. The number of likely N-dealkylation sites (N-methyl/N-ethyl adjacent to an activating group) is 1. The van der Waals surface area contributed by atoms with Gasteiger partial charge in [0.1, 0.15) is 12.4 Å². The molecule has 3 saturated heterocycles. The molecule has 10 heteroatoms. The van der Waals surface area contributed by atoms with Crippen molar-refractivity contribution in [1.29, 1.82) is 0 Å². The first kappa shape index (κ1) is 31.2. The van der Waals surface area contributed by atoms with Crippen molar-refractivity contribution in [3.63, 3.8) is 0 Å². The lowest BCUT2D eigenvalue weighted by molar-refractivity contribution is -0.126. The molecule has 0 spiro atoms. The number of aromatic nitrogens is 2. The molecule has 0 radical (unpaired) electrons. The van der Waals surface area contributed by atoms with Gasteiger partial charge >= 0.3 is 6.01 Å². The second kappa shape index (κ2) is 13.0. The summed E-state index contributed by atoms with van der Waals surface area (Å²) in [6.07, 6.45) is 9.35. The minimum atomic E-state index is 0.0726. The summed E-state index contributed by atoms with van der Waals surface area (Å²) in [7, 11) is 4.04. The van der Waals surface area contributed by atoms with Crippen molar-refractivity contribution in [3.8, 4) is 6.01 Å². The molecule has 3 aromatic rings.